The van der Waals surface area contributed by atoms with Crippen LogP contribution in [0.15, 0.2) is 42.5 Å². The molecule has 2 rings (SSSR count). The molecule has 0 bridgehead atoms. The molecule has 0 saturated heterocycles. The SMILES string of the molecule is CCOc1ccc(NC(=O)c2cccc(NC)n2)cc1. The molecule has 0 unspecified atom stereocenters. The van der Waals surface area contributed by atoms with Crippen LogP contribution in [-0.2, 0) is 0 Å². The summed E-state index contributed by atoms with van der Waals surface area (Å²) in [5.41, 5.74) is 1.07. The Balaban J connectivity index is 2.06. The first kappa shape index (κ1) is 13.9. The summed E-state index contributed by atoms with van der Waals surface area (Å²) in [5, 5.41) is 5.69. The summed E-state index contributed by atoms with van der Waals surface area (Å²) in [6.07, 6.45) is 0. The number of nitrogens with zero attached hydrogens (tertiary/aromatic N) is 1. The smallest absolute Gasteiger partial charge is 0.274 e. The van der Waals surface area contributed by atoms with E-state index in [2.05, 4.69) is 15.6 Å². The van der Waals surface area contributed by atoms with Crippen molar-refractivity contribution in [1.29, 1.82) is 0 Å². The Labute approximate surface area is 118 Å². The maximum atomic E-state index is 12.1. The summed E-state index contributed by atoms with van der Waals surface area (Å²) in [5.74, 6) is 1.19. The van der Waals surface area contributed by atoms with Gasteiger partial charge in [-0.1, -0.05) is 6.07 Å². The molecule has 0 aliphatic heterocycles. The van der Waals surface area contributed by atoms with Crippen molar-refractivity contribution in [2.45, 2.75) is 6.92 Å². The highest BCUT2D eigenvalue weighted by Crippen LogP contribution is 2.16. The Bertz CT molecular complexity index is 582. The minimum atomic E-state index is -0.244. The second-order valence-electron chi connectivity index (χ2n) is 4.07. The van der Waals surface area contributed by atoms with Crippen molar-refractivity contribution in [2.24, 2.45) is 0 Å². The molecule has 2 aromatic rings. The monoisotopic (exact) mass is 271 g/mol. The van der Waals surface area contributed by atoms with Crippen LogP contribution in [0.3, 0.4) is 0 Å². The van der Waals surface area contributed by atoms with Gasteiger partial charge in [-0.15, -0.1) is 0 Å². The molecule has 104 valence electrons. The van der Waals surface area contributed by atoms with Gasteiger partial charge in [-0.25, -0.2) is 4.98 Å². The van der Waals surface area contributed by atoms with Gasteiger partial charge in [-0.3, -0.25) is 4.79 Å². The van der Waals surface area contributed by atoms with Gasteiger partial charge in [0, 0.05) is 12.7 Å². The van der Waals surface area contributed by atoms with Crippen molar-refractivity contribution in [3.63, 3.8) is 0 Å². The van der Waals surface area contributed by atoms with Crippen molar-refractivity contribution in [3.05, 3.63) is 48.2 Å². The van der Waals surface area contributed by atoms with E-state index < -0.39 is 0 Å². The summed E-state index contributed by atoms with van der Waals surface area (Å²) < 4.78 is 5.35. The number of rotatable bonds is 5. The third-order valence-corrected chi connectivity index (χ3v) is 2.66. The van der Waals surface area contributed by atoms with Crippen molar-refractivity contribution in [2.75, 3.05) is 24.3 Å². The lowest BCUT2D eigenvalue weighted by Gasteiger charge is -2.07. The predicted molar refractivity (Wildman–Crippen MR) is 79.3 cm³/mol. The minimum absolute atomic E-state index is 0.244. The number of anilines is 2. The van der Waals surface area contributed by atoms with Crippen molar-refractivity contribution >= 4 is 17.4 Å². The quantitative estimate of drug-likeness (QED) is 0.877. The van der Waals surface area contributed by atoms with Gasteiger partial charge < -0.3 is 15.4 Å². The average Bonchev–Trinajstić information content (AvgIpc) is 2.49. The number of aromatic nitrogens is 1. The van der Waals surface area contributed by atoms with E-state index in [0.29, 0.717) is 23.8 Å². The Hall–Kier alpha value is -2.56. The number of pyridine rings is 1. The fourth-order valence-electron chi connectivity index (χ4n) is 1.70. The van der Waals surface area contributed by atoms with Crippen LogP contribution in [0.1, 0.15) is 17.4 Å². The lowest BCUT2D eigenvalue weighted by Crippen LogP contribution is -2.14. The summed E-state index contributed by atoms with van der Waals surface area (Å²) in [7, 11) is 1.76. The van der Waals surface area contributed by atoms with Crippen LogP contribution < -0.4 is 15.4 Å². The fraction of sp³-hybridized carbons (Fsp3) is 0.200. The Morgan fingerprint density at radius 2 is 1.95 bits per heavy atom. The lowest BCUT2D eigenvalue weighted by atomic mass is 10.2. The molecule has 1 heterocycles. The van der Waals surface area contributed by atoms with Crippen molar-refractivity contribution in [1.82, 2.24) is 4.98 Å². The fourth-order valence-corrected chi connectivity index (χ4v) is 1.70. The van der Waals surface area contributed by atoms with Gasteiger partial charge in [-0.05, 0) is 43.3 Å². The van der Waals surface area contributed by atoms with Crippen LogP contribution in [0.4, 0.5) is 11.5 Å². The molecule has 2 N–H and O–H groups in total. The van der Waals surface area contributed by atoms with Gasteiger partial charge in [0.1, 0.15) is 17.3 Å². The van der Waals surface area contributed by atoms with E-state index in [1.165, 1.54) is 0 Å². The normalized spacial score (nSPS) is 9.90. The molecule has 0 saturated carbocycles. The molecular weight excluding hydrogens is 254 g/mol. The number of benzene rings is 1. The summed E-state index contributed by atoms with van der Waals surface area (Å²) >= 11 is 0. The molecule has 0 atom stereocenters. The average molecular weight is 271 g/mol. The third-order valence-electron chi connectivity index (χ3n) is 2.66. The highest BCUT2D eigenvalue weighted by Gasteiger charge is 2.08. The summed E-state index contributed by atoms with van der Waals surface area (Å²) in [6, 6.07) is 12.5. The van der Waals surface area contributed by atoms with Crippen LogP contribution in [0.5, 0.6) is 5.75 Å². The molecule has 20 heavy (non-hydrogen) atoms. The standard InChI is InChI=1S/C15H17N3O2/c1-3-20-12-9-7-11(8-10-12)17-15(19)13-5-4-6-14(16-2)18-13/h4-10H,3H2,1-2H3,(H,16,18)(H,17,19). The van der Waals surface area contributed by atoms with Gasteiger partial charge in [0.25, 0.3) is 5.91 Å². The Morgan fingerprint density at radius 1 is 1.20 bits per heavy atom. The molecule has 0 aliphatic carbocycles. The van der Waals surface area contributed by atoms with E-state index >= 15 is 0 Å². The maximum absolute atomic E-state index is 12.1. The van der Waals surface area contributed by atoms with Gasteiger partial charge in [0.05, 0.1) is 6.61 Å². The highest BCUT2D eigenvalue weighted by molar-refractivity contribution is 6.03. The van der Waals surface area contributed by atoms with Crippen LogP contribution in [0.2, 0.25) is 0 Å². The molecule has 0 spiro atoms. The maximum Gasteiger partial charge on any atom is 0.274 e. The number of carbonyl (C=O) groups is 1. The zero-order valence-corrected chi connectivity index (χ0v) is 11.5. The topological polar surface area (TPSA) is 63.2 Å². The van der Waals surface area contributed by atoms with Crippen LogP contribution in [0.25, 0.3) is 0 Å². The minimum Gasteiger partial charge on any atom is -0.494 e. The number of amides is 1. The van der Waals surface area contributed by atoms with E-state index in [4.69, 9.17) is 4.74 Å². The second kappa shape index (κ2) is 6.56. The zero-order valence-electron chi connectivity index (χ0n) is 11.5. The van der Waals surface area contributed by atoms with E-state index in [0.717, 1.165) is 5.75 Å². The zero-order chi connectivity index (χ0) is 14.4. The van der Waals surface area contributed by atoms with Gasteiger partial charge >= 0.3 is 0 Å². The molecule has 5 heteroatoms. The molecular formula is C15H17N3O2. The molecule has 1 aromatic heterocycles. The first-order chi connectivity index (χ1) is 9.72. The van der Waals surface area contributed by atoms with Gasteiger partial charge in [0.15, 0.2) is 0 Å². The number of nitrogens with one attached hydrogen (secondary N) is 2. The number of hydrogen-bond donors (Lipinski definition) is 2. The van der Waals surface area contributed by atoms with Crippen molar-refractivity contribution in [3.8, 4) is 5.75 Å². The molecule has 5 nitrogen and oxygen atoms in total. The second-order valence-corrected chi connectivity index (χ2v) is 4.07. The van der Waals surface area contributed by atoms with Crippen LogP contribution >= 0.6 is 0 Å². The van der Waals surface area contributed by atoms with Crippen molar-refractivity contribution < 1.29 is 9.53 Å². The number of ether oxygens (including phenoxy) is 1. The first-order valence-corrected chi connectivity index (χ1v) is 6.42. The lowest BCUT2D eigenvalue weighted by molar-refractivity contribution is 0.102. The van der Waals surface area contributed by atoms with E-state index in [9.17, 15) is 4.79 Å². The number of hydrogen-bond acceptors (Lipinski definition) is 4. The summed E-state index contributed by atoms with van der Waals surface area (Å²) in [4.78, 5) is 16.2. The molecule has 1 aromatic carbocycles. The predicted octanol–water partition coefficient (Wildman–Crippen LogP) is 2.77. The van der Waals surface area contributed by atoms with E-state index in [1.807, 2.05) is 19.1 Å². The molecule has 0 fully saturated rings. The van der Waals surface area contributed by atoms with Gasteiger partial charge in [-0.2, -0.15) is 0 Å². The van der Waals surface area contributed by atoms with Crippen LogP contribution in [-0.4, -0.2) is 24.5 Å². The Morgan fingerprint density at radius 3 is 2.60 bits per heavy atom. The van der Waals surface area contributed by atoms with Gasteiger partial charge in [0.2, 0.25) is 0 Å². The molecule has 0 aliphatic rings. The molecule has 0 radical (unpaired) electrons. The van der Waals surface area contributed by atoms with E-state index in [1.54, 1.807) is 37.4 Å². The third kappa shape index (κ3) is 3.47. The van der Waals surface area contributed by atoms with E-state index in [-0.39, 0.29) is 5.91 Å². The highest BCUT2D eigenvalue weighted by atomic mass is 16.5. The molecule has 1 amide bonds. The Kier molecular flexibility index (Phi) is 4.55. The summed E-state index contributed by atoms with van der Waals surface area (Å²) in [6.45, 7) is 2.54. The largest absolute Gasteiger partial charge is 0.494 e. The van der Waals surface area contributed by atoms with Crippen LogP contribution in [0, 0.1) is 0 Å². The first-order valence-electron chi connectivity index (χ1n) is 6.42. The number of carbonyl (C=O) groups excluding carboxylic acids is 1.